The van der Waals surface area contributed by atoms with Crippen molar-refractivity contribution >= 4 is 17.0 Å². The Morgan fingerprint density at radius 1 is 0.933 bits per heavy atom. The van der Waals surface area contributed by atoms with Gasteiger partial charge in [0.25, 0.3) is 0 Å². The second kappa shape index (κ2) is 6.77. The second-order valence-electron chi connectivity index (χ2n) is 8.10. The molecule has 1 N–H and O–H groups in total. The summed E-state index contributed by atoms with van der Waals surface area (Å²) in [5, 5.41) is 1.20. The number of hydrogen-bond acceptors (Lipinski definition) is 2. The Bertz CT molecular complexity index is 1230. The lowest BCUT2D eigenvalue weighted by molar-refractivity contribution is 0.0954. The maximum absolute atomic E-state index is 12.9. The highest BCUT2D eigenvalue weighted by Crippen LogP contribution is 2.44. The number of nitrogens with zero attached hydrogens (tertiary/aromatic N) is 1. The molecule has 4 nitrogen and oxygen atoms in total. The first-order valence-corrected chi connectivity index (χ1v) is 10.5. The topological polar surface area (TPSA) is 45.3 Å². The van der Waals surface area contributed by atoms with E-state index in [1.807, 2.05) is 17.0 Å². The number of carbonyl (C=O) groups is 1. The molecule has 4 heteroatoms. The quantitative estimate of drug-likeness (QED) is 0.490. The molecule has 1 aliphatic heterocycles. The van der Waals surface area contributed by atoms with Crippen molar-refractivity contribution in [1.29, 1.82) is 0 Å². The van der Waals surface area contributed by atoms with Gasteiger partial charge < -0.3 is 14.6 Å². The number of aromatic nitrogens is 1. The molecule has 1 aliphatic carbocycles. The highest BCUT2D eigenvalue weighted by atomic mass is 16.6. The molecule has 0 radical (unpaired) electrons. The molecule has 2 heterocycles. The van der Waals surface area contributed by atoms with Gasteiger partial charge in [0.15, 0.2) is 0 Å². The summed E-state index contributed by atoms with van der Waals surface area (Å²) in [6.07, 6.45) is 0.599. The normalized spacial score (nSPS) is 15.0. The number of hydrogen-bond donors (Lipinski definition) is 1. The maximum Gasteiger partial charge on any atom is 0.410 e. The predicted molar refractivity (Wildman–Crippen MR) is 117 cm³/mol. The monoisotopic (exact) mass is 394 g/mol. The number of aromatic amines is 1. The average Bonchev–Trinajstić information content (AvgIpc) is 3.33. The molecule has 30 heavy (non-hydrogen) atoms. The van der Waals surface area contributed by atoms with Crippen molar-refractivity contribution in [1.82, 2.24) is 9.88 Å². The largest absolute Gasteiger partial charge is 0.448 e. The van der Waals surface area contributed by atoms with Gasteiger partial charge in [0.1, 0.15) is 6.61 Å². The molecule has 2 aliphatic rings. The van der Waals surface area contributed by atoms with Crippen LogP contribution in [0.2, 0.25) is 0 Å². The van der Waals surface area contributed by atoms with E-state index in [0.29, 0.717) is 19.7 Å². The molecule has 0 saturated carbocycles. The maximum atomic E-state index is 12.9. The fourth-order valence-electron chi connectivity index (χ4n) is 5.01. The third kappa shape index (κ3) is 2.64. The standard InChI is InChI=1S/C26H22N2O2/c29-26(28-14-13-25-22(15-28)21-11-5-6-12-24(21)27-25)30-16-23-19-9-3-1-7-17(19)18-8-2-4-10-20(18)23/h1-12,23,27H,13-16H2. The van der Waals surface area contributed by atoms with Gasteiger partial charge in [-0.15, -0.1) is 0 Å². The lowest BCUT2D eigenvalue weighted by Crippen LogP contribution is -2.36. The Morgan fingerprint density at radius 2 is 1.60 bits per heavy atom. The van der Waals surface area contributed by atoms with E-state index in [1.54, 1.807) is 0 Å². The van der Waals surface area contributed by atoms with Crippen molar-refractivity contribution in [3.63, 3.8) is 0 Å². The number of fused-ring (bicyclic) bond motifs is 6. The van der Waals surface area contributed by atoms with E-state index in [4.69, 9.17) is 4.74 Å². The van der Waals surface area contributed by atoms with Crippen LogP contribution in [0.3, 0.4) is 0 Å². The summed E-state index contributed by atoms with van der Waals surface area (Å²) in [5.74, 6) is 0.0924. The first-order valence-electron chi connectivity index (χ1n) is 10.5. The predicted octanol–water partition coefficient (Wildman–Crippen LogP) is 5.48. The van der Waals surface area contributed by atoms with Crippen LogP contribution in [0, 0.1) is 0 Å². The molecule has 1 aromatic heterocycles. The number of benzene rings is 3. The number of H-pyrrole nitrogens is 1. The first-order chi connectivity index (χ1) is 14.8. The molecule has 4 aromatic rings. The molecule has 148 valence electrons. The molecule has 6 rings (SSSR count). The van der Waals surface area contributed by atoms with Gasteiger partial charge in [-0.2, -0.15) is 0 Å². The fourth-order valence-corrected chi connectivity index (χ4v) is 5.01. The van der Waals surface area contributed by atoms with Crippen molar-refractivity contribution in [2.45, 2.75) is 18.9 Å². The van der Waals surface area contributed by atoms with Crippen molar-refractivity contribution in [2.24, 2.45) is 0 Å². The summed E-state index contributed by atoms with van der Waals surface area (Å²) in [7, 11) is 0. The zero-order chi connectivity index (χ0) is 20.1. The number of para-hydroxylation sites is 1. The zero-order valence-electron chi connectivity index (χ0n) is 16.6. The summed E-state index contributed by atoms with van der Waals surface area (Å²) >= 11 is 0. The SMILES string of the molecule is O=C(OCC1c2ccccc2-c2ccccc21)N1CCc2[nH]c3ccccc3c2C1. The molecular weight excluding hydrogens is 372 g/mol. The fraction of sp³-hybridized carbons (Fsp3) is 0.192. The highest BCUT2D eigenvalue weighted by Gasteiger charge is 2.30. The number of nitrogens with one attached hydrogen (secondary N) is 1. The van der Waals surface area contributed by atoms with Gasteiger partial charge in [-0.1, -0.05) is 66.7 Å². The van der Waals surface area contributed by atoms with E-state index in [1.165, 1.54) is 38.9 Å². The second-order valence-corrected chi connectivity index (χ2v) is 8.10. The smallest absolute Gasteiger partial charge is 0.410 e. The van der Waals surface area contributed by atoms with Gasteiger partial charge in [0, 0.05) is 41.0 Å². The van der Waals surface area contributed by atoms with Crippen molar-refractivity contribution in [3.05, 3.63) is 95.2 Å². The van der Waals surface area contributed by atoms with Crippen LogP contribution >= 0.6 is 0 Å². The molecule has 1 amide bonds. The molecule has 3 aromatic carbocycles. The Balaban J connectivity index is 1.22. The molecule has 0 fully saturated rings. The van der Waals surface area contributed by atoms with E-state index in [-0.39, 0.29) is 12.0 Å². The van der Waals surface area contributed by atoms with E-state index in [2.05, 4.69) is 65.6 Å². The summed E-state index contributed by atoms with van der Waals surface area (Å²) in [6.45, 7) is 1.64. The summed E-state index contributed by atoms with van der Waals surface area (Å²) < 4.78 is 5.86. The Labute approximate surface area is 175 Å². The third-order valence-electron chi connectivity index (χ3n) is 6.48. The number of rotatable bonds is 2. The van der Waals surface area contributed by atoms with Crippen LogP contribution in [-0.2, 0) is 17.7 Å². The molecule has 0 spiro atoms. The van der Waals surface area contributed by atoms with Crippen LogP contribution in [0.1, 0.15) is 28.3 Å². The molecular formula is C26H22N2O2. The number of amides is 1. The lowest BCUT2D eigenvalue weighted by Gasteiger charge is -2.27. The van der Waals surface area contributed by atoms with Gasteiger partial charge in [-0.3, -0.25) is 0 Å². The Morgan fingerprint density at radius 3 is 2.37 bits per heavy atom. The van der Waals surface area contributed by atoms with Gasteiger partial charge in [-0.25, -0.2) is 4.79 Å². The summed E-state index contributed by atoms with van der Waals surface area (Å²) in [6, 6.07) is 25.1. The van der Waals surface area contributed by atoms with Gasteiger partial charge in [-0.05, 0) is 28.3 Å². The minimum atomic E-state index is -0.229. The summed E-state index contributed by atoms with van der Waals surface area (Å²) in [4.78, 5) is 18.3. The lowest BCUT2D eigenvalue weighted by atomic mass is 9.98. The van der Waals surface area contributed by atoms with Gasteiger partial charge in [0.2, 0.25) is 0 Å². The minimum absolute atomic E-state index is 0.0924. The third-order valence-corrected chi connectivity index (χ3v) is 6.48. The van der Waals surface area contributed by atoms with Crippen LogP contribution in [0.4, 0.5) is 4.79 Å². The van der Waals surface area contributed by atoms with Crippen LogP contribution in [0.25, 0.3) is 22.0 Å². The highest BCUT2D eigenvalue weighted by molar-refractivity contribution is 5.85. The molecule has 0 atom stereocenters. The van der Waals surface area contributed by atoms with E-state index < -0.39 is 0 Å². The van der Waals surface area contributed by atoms with Crippen LogP contribution in [0.5, 0.6) is 0 Å². The Hall–Kier alpha value is -3.53. The molecule has 0 bridgehead atoms. The number of ether oxygens (including phenoxy) is 1. The van der Waals surface area contributed by atoms with Crippen LogP contribution in [-0.4, -0.2) is 29.1 Å². The van der Waals surface area contributed by atoms with Gasteiger partial charge in [0.05, 0.1) is 6.54 Å². The Kier molecular flexibility index (Phi) is 3.91. The van der Waals surface area contributed by atoms with E-state index in [9.17, 15) is 4.79 Å². The zero-order valence-corrected chi connectivity index (χ0v) is 16.6. The summed E-state index contributed by atoms with van der Waals surface area (Å²) in [5.41, 5.74) is 8.56. The minimum Gasteiger partial charge on any atom is -0.448 e. The van der Waals surface area contributed by atoms with Crippen molar-refractivity contribution < 1.29 is 9.53 Å². The van der Waals surface area contributed by atoms with Crippen molar-refractivity contribution in [2.75, 3.05) is 13.2 Å². The average molecular weight is 394 g/mol. The van der Waals surface area contributed by atoms with Crippen molar-refractivity contribution in [3.8, 4) is 11.1 Å². The first kappa shape index (κ1) is 17.3. The van der Waals surface area contributed by atoms with Crippen LogP contribution in [0.15, 0.2) is 72.8 Å². The van der Waals surface area contributed by atoms with Crippen LogP contribution < -0.4 is 0 Å². The van der Waals surface area contributed by atoms with E-state index >= 15 is 0 Å². The van der Waals surface area contributed by atoms with E-state index in [0.717, 1.165) is 11.9 Å². The number of carbonyl (C=O) groups excluding carboxylic acids is 1. The molecule has 0 saturated heterocycles. The van der Waals surface area contributed by atoms with Gasteiger partial charge >= 0.3 is 6.09 Å². The molecule has 0 unspecified atom stereocenters.